The zero-order valence-corrected chi connectivity index (χ0v) is 14.3. The zero-order valence-electron chi connectivity index (χ0n) is 13.5. The van der Waals surface area contributed by atoms with Crippen molar-refractivity contribution in [3.8, 4) is 5.75 Å². The zero-order chi connectivity index (χ0) is 16.0. The summed E-state index contributed by atoms with van der Waals surface area (Å²) >= 11 is 0. The van der Waals surface area contributed by atoms with Crippen LogP contribution in [0, 0.1) is 0 Å². The Morgan fingerprint density at radius 1 is 1.05 bits per heavy atom. The van der Waals surface area contributed by atoms with Crippen LogP contribution in [0.4, 0.5) is 0 Å². The number of sulfonamides is 1. The molecule has 0 N–H and O–H groups in total. The molecule has 0 saturated carbocycles. The third-order valence-electron chi connectivity index (χ3n) is 3.98. The first kappa shape index (κ1) is 17.2. The number of benzene rings is 1. The van der Waals surface area contributed by atoms with Gasteiger partial charge < -0.3 is 4.74 Å². The van der Waals surface area contributed by atoms with Crippen LogP contribution in [0.3, 0.4) is 0 Å². The molecule has 124 valence electrons. The summed E-state index contributed by atoms with van der Waals surface area (Å²) in [6.07, 6.45) is 5.21. The number of nitrogens with zero attached hydrogens (tertiary/aromatic N) is 2. The van der Waals surface area contributed by atoms with Crippen molar-refractivity contribution in [1.29, 1.82) is 0 Å². The highest BCUT2D eigenvalue weighted by atomic mass is 32.2. The van der Waals surface area contributed by atoms with Gasteiger partial charge in [-0.25, -0.2) is 12.7 Å². The molecule has 0 atom stereocenters. The third-order valence-corrected chi connectivity index (χ3v) is 5.81. The number of hydrogen-bond donors (Lipinski definition) is 0. The molecule has 0 amide bonds. The number of rotatable bonds is 6. The molecular weight excluding hydrogens is 300 g/mol. The molecule has 2 rings (SSSR count). The Bertz CT molecular complexity index is 547. The summed E-state index contributed by atoms with van der Waals surface area (Å²) in [6.45, 7) is 3.88. The first-order chi connectivity index (χ1) is 10.5. The van der Waals surface area contributed by atoms with Crippen LogP contribution < -0.4 is 4.74 Å². The van der Waals surface area contributed by atoms with Gasteiger partial charge in [0, 0.05) is 20.6 Å². The molecule has 1 saturated heterocycles. The van der Waals surface area contributed by atoms with E-state index in [1.165, 1.54) is 44.1 Å². The molecule has 1 aromatic carbocycles. The first-order valence-corrected chi connectivity index (χ1v) is 9.32. The Morgan fingerprint density at radius 2 is 1.64 bits per heavy atom. The molecule has 0 aliphatic carbocycles. The van der Waals surface area contributed by atoms with Crippen LogP contribution in [-0.2, 0) is 10.0 Å². The van der Waals surface area contributed by atoms with Crippen LogP contribution in [0.25, 0.3) is 0 Å². The second-order valence-electron chi connectivity index (χ2n) is 5.86. The molecule has 6 heteroatoms. The maximum Gasteiger partial charge on any atom is 0.242 e. The van der Waals surface area contributed by atoms with Crippen molar-refractivity contribution >= 4 is 10.0 Å². The van der Waals surface area contributed by atoms with E-state index in [0.29, 0.717) is 12.4 Å². The van der Waals surface area contributed by atoms with Crippen LogP contribution in [0.15, 0.2) is 29.2 Å². The van der Waals surface area contributed by atoms with Gasteiger partial charge in [-0.15, -0.1) is 0 Å². The molecule has 0 bridgehead atoms. The summed E-state index contributed by atoms with van der Waals surface area (Å²) in [4.78, 5) is 2.73. The lowest BCUT2D eigenvalue weighted by Crippen LogP contribution is -2.29. The Balaban J connectivity index is 1.84. The van der Waals surface area contributed by atoms with Gasteiger partial charge in [-0.3, -0.25) is 4.90 Å². The minimum absolute atomic E-state index is 0.289. The van der Waals surface area contributed by atoms with Gasteiger partial charge in [0.25, 0.3) is 0 Å². The van der Waals surface area contributed by atoms with Crippen molar-refractivity contribution in [2.75, 3.05) is 40.3 Å². The van der Waals surface area contributed by atoms with E-state index in [4.69, 9.17) is 4.74 Å². The van der Waals surface area contributed by atoms with E-state index in [9.17, 15) is 8.42 Å². The number of ether oxygens (including phenoxy) is 1. The van der Waals surface area contributed by atoms with Crippen LogP contribution in [0.2, 0.25) is 0 Å². The quantitative estimate of drug-likeness (QED) is 0.804. The smallest absolute Gasteiger partial charge is 0.242 e. The molecule has 0 aromatic heterocycles. The summed E-state index contributed by atoms with van der Waals surface area (Å²) in [5, 5.41) is 0. The van der Waals surface area contributed by atoms with E-state index < -0.39 is 10.0 Å². The molecule has 22 heavy (non-hydrogen) atoms. The van der Waals surface area contributed by atoms with Gasteiger partial charge >= 0.3 is 0 Å². The largest absolute Gasteiger partial charge is 0.492 e. The van der Waals surface area contributed by atoms with Gasteiger partial charge in [0.2, 0.25) is 10.0 Å². The average Bonchev–Trinajstić information content (AvgIpc) is 2.76. The second kappa shape index (κ2) is 7.94. The summed E-state index contributed by atoms with van der Waals surface area (Å²) in [6, 6.07) is 6.63. The van der Waals surface area contributed by atoms with Gasteiger partial charge in [-0.2, -0.15) is 0 Å². The predicted molar refractivity (Wildman–Crippen MR) is 87.7 cm³/mol. The molecule has 1 heterocycles. The lowest BCUT2D eigenvalue weighted by Gasteiger charge is -2.19. The molecule has 0 unspecified atom stereocenters. The standard InChI is InChI=1S/C16H26N2O3S/c1-17(2)22(19,20)16-9-7-15(8-10-16)21-14-13-18-11-5-3-4-6-12-18/h7-10H,3-6,11-14H2,1-2H3. The Kier molecular flexibility index (Phi) is 6.23. The fraction of sp³-hybridized carbons (Fsp3) is 0.625. The SMILES string of the molecule is CN(C)S(=O)(=O)c1ccc(OCCN2CCCCCC2)cc1. The Labute approximate surface area is 133 Å². The molecule has 1 aliphatic rings. The van der Waals surface area contributed by atoms with Crippen LogP contribution in [0.1, 0.15) is 25.7 Å². The highest BCUT2D eigenvalue weighted by molar-refractivity contribution is 7.89. The molecule has 0 radical (unpaired) electrons. The normalized spacial score (nSPS) is 17.4. The molecule has 1 aromatic rings. The molecule has 0 spiro atoms. The van der Waals surface area contributed by atoms with E-state index in [0.717, 1.165) is 19.6 Å². The molecule has 1 fully saturated rings. The van der Waals surface area contributed by atoms with Crippen LogP contribution in [0.5, 0.6) is 5.75 Å². The van der Waals surface area contributed by atoms with Crippen molar-refractivity contribution < 1.29 is 13.2 Å². The lowest BCUT2D eigenvalue weighted by atomic mass is 10.2. The minimum atomic E-state index is -3.37. The summed E-state index contributed by atoms with van der Waals surface area (Å²) in [5.41, 5.74) is 0. The van der Waals surface area contributed by atoms with Gasteiger partial charge in [0.15, 0.2) is 0 Å². The van der Waals surface area contributed by atoms with Crippen molar-refractivity contribution in [3.05, 3.63) is 24.3 Å². The minimum Gasteiger partial charge on any atom is -0.492 e. The Hall–Kier alpha value is -1.11. The van der Waals surface area contributed by atoms with Gasteiger partial charge in [-0.1, -0.05) is 12.8 Å². The lowest BCUT2D eigenvalue weighted by molar-refractivity contribution is 0.214. The monoisotopic (exact) mass is 326 g/mol. The maximum atomic E-state index is 12.0. The Morgan fingerprint density at radius 3 is 2.18 bits per heavy atom. The topological polar surface area (TPSA) is 49.9 Å². The molecule has 1 aliphatic heterocycles. The number of likely N-dealkylation sites (tertiary alicyclic amines) is 1. The van der Waals surface area contributed by atoms with E-state index in [1.807, 2.05) is 0 Å². The first-order valence-electron chi connectivity index (χ1n) is 7.88. The van der Waals surface area contributed by atoms with E-state index in [1.54, 1.807) is 24.3 Å². The van der Waals surface area contributed by atoms with Gasteiger partial charge in [-0.05, 0) is 50.2 Å². The van der Waals surface area contributed by atoms with Crippen molar-refractivity contribution in [2.24, 2.45) is 0 Å². The average molecular weight is 326 g/mol. The summed E-state index contributed by atoms with van der Waals surface area (Å²) < 4.78 is 30.9. The van der Waals surface area contributed by atoms with Crippen LogP contribution >= 0.6 is 0 Å². The van der Waals surface area contributed by atoms with Gasteiger partial charge in [0.05, 0.1) is 4.90 Å². The van der Waals surface area contributed by atoms with E-state index >= 15 is 0 Å². The second-order valence-corrected chi connectivity index (χ2v) is 8.01. The van der Waals surface area contributed by atoms with Gasteiger partial charge in [0.1, 0.15) is 12.4 Å². The van der Waals surface area contributed by atoms with E-state index in [2.05, 4.69) is 4.90 Å². The predicted octanol–water partition coefficient (Wildman–Crippen LogP) is 2.19. The highest BCUT2D eigenvalue weighted by Crippen LogP contribution is 2.18. The highest BCUT2D eigenvalue weighted by Gasteiger charge is 2.16. The number of hydrogen-bond acceptors (Lipinski definition) is 4. The summed E-state index contributed by atoms with van der Waals surface area (Å²) in [5.74, 6) is 0.715. The van der Waals surface area contributed by atoms with Crippen molar-refractivity contribution in [1.82, 2.24) is 9.21 Å². The van der Waals surface area contributed by atoms with E-state index in [-0.39, 0.29) is 4.90 Å². The molecular formula is C16H26N2O3S. The van der Waals surface area contributed by atoms with Crippen molar-refractivity contribution in [2.45, 2.75) is 30.6 Å². The fourth-order valence-electron chi connectivity index (χ4n) is 2.57. The third kappa shape index (κ3) is 4.69. The summed E-state index contributed by atoms with van der Waals surface area (Å²) in [7, 11) is -0.308. The maximum absolute atomic E-state index is 12.0. The fourth-order valence-corrected chi connectivity index (χ4v) is 3.47. The molecule has 5 nitrogen and oxygen atoms in total. The van der Waals surface area contributed by atoms with Crippen LogP contribution in [-0.4, -0.2) is 58.0 Å². The van der Waals surface area contributed by atoms with Crippen molar-refractivity contribution in [3.63, 3.8) is 0 Å².